The van der Waals surface area contributed by atoms with Gasteiger partial charge < -0.3 is 18.6 Å². The third-order valence-corrected chi connectivity index (χ3v) is 6.35. The summed E-state index contributed by atoms with van der Waals surface area (Å²) in [6, 6.07) is 1.74. The van der Waals surface area contributed by atoms with E-state index in [1.165, 1.54) is 28.5 Å². The van der Waals surface area contributed by atoms with Crippen LogP contribution < -0.4 is 10.1 Å². The van der Waals surface area contributed by atoms with Crippen molar-refractivity contribution < 1.29 is 13.7 Å². The second-order valence-corrected chi connectivity index (χ2v) is 8.01. The molecule has 0 saturated carbocycles. The number of aryl methyl sites for hydroxylation is 2. The SMILES string of the molecule is O=C(N=[S-](=O)c1cnn2c1OCC2)Nc1c2c(cc3c1CCC3)CCC2. The van der Waals surface area contributed by atoms with Gasteiger partial charge in [-0.05, 0) is 65.7 Å². The minimum Gasteiger partial charge on any atom is -0.477 e. The number of nitrogens with zero attached hydrogens (tertiary/aromatic N) is 3. The average Bonchev–Trinajstić information content (AvgIpc) is 3.37. The lowest BCUT2D eigenvalue weighted by Crippen LogP contribution is -2.11. The number of urea groups is 1. The van der Waals surface area contributed by atoms with E-state index < -0.39 is 16.6 Å². The Bertz CT molecular complexity index is 972. The highest BCUT2D eigenvalue weighted by Gasteiger charge is 2.24. The van der Waals surface area contributed by atoms with Gasteiger partial charge in [0.2, 0.25) is 0 Å². The van der Waals surface area contributed by atoms with Crippen molar-refractivity contribution in [3.63, 3.8) is 0 Å². The normalized spacial score (nSPS) is 18.3. The molecule has 2 amide bonds. The molecule has 1 aromatic heterocycles. The molecule has 0 radical (unpaired) electrons. The van der Waals surface area contributed by atoms with E-state index in [9.17, 15) is 9.00 Å². The van der Waals surface area contributed by atoms with Crippen molar-refractivity contribution in [1.29, 1.82) is 0 Å². The molecular formula is C18H19N4O3S-. The van der Waals surface area contributed by atoms with Crippen LogP contribution in [-0.4, -0.2) is 22.4 Å². The number of benzene rings is 1. The number of nitrogens with one attached hydrogen (secondary N) is 1. The second kappa shape index (κ2) is 6.12. The molecule has 0 fully saturated rings. The number of rotatable bonds is 2. The highest BCUT2D eigenvalue weighted by molar-refractivity contribution is 7.75. The first-order valence-electron chi connectivity index (χ1n) is 9.00. The zero-order chi connectivity index (χ0) is 17.7. The summed E-state index contributed by atoms with van der Waals surface area (Å²) in [7, 11) is -1.83. The van der Waals surface area contributed by atoms with Crippen LogP contribution in [0.5, 0.6) is 5.88 Å². The van der Waals surface area contributed by atoms with Crippen molar-refractivity contribution in [2.24, 2.45) is 4.36 Å². The highest BCUT2D eigenvalue weighted by atomic mass is 32.2. The van der Waals surface area contributed by atoms with Crippen molar-refractivity contribution in [2.45, 2.75) is 50.0 Å². The molecule has 2 heterocycles. The molecule has 5 rings (SSSR count). The molecular weight excluding hydrogens is 352 g/mol. The van der Waals surface area contributed by atoms with Gasteiger partial charge in [-0.1, -0.05) is 6.07 Å². The lowest BCUT2D eigenvalue weighted by molar-refractivity contribution is 0.260. The Labute approximate surface area is 152 Å². The van der Waals surface area contributed by atoms with Crippen LogP contribution in [-0.2, 0) is 47.0 Å². The van der Waals surface area contributed by atoms with E-state index in [1.807, 2.05) is 0 Å². The fourth-order valence-corrected chi connectivity index (χ4v) is 4.98. The molecule has 0 spiro atoms. The molecule has 0 bridgehead atoms. The largest absolute Gasteiger partial charge is 0.477 e. The van der Waals surface area contributed by atoms with Gasteiger partial charge in [-0.25, -0.2) is 9.48 Å². The van der Waals surface area contributed by atoms with E-state index in [2.05, 4.69) is 20.8 Å². The zero-order valence-electron chi connectivity index (χ0n) is 14.3. The van der Waals surface area contributed by atoms with Crippen LogP contribution in [0.15, 0.2) is 21.5 Å². The van der Waals surface area contributed by atoms with E-state index >= 15 is 0 Å². The van der Waals surface area contributed by atoms with Crippen LogP contribution in [0.3, 0.4) is 0 Å². The van der Waals surface area contributed by atoms with Gasteiger partial charge in [0.25, 0.3) is 0 Å². The predicted octanol–water partition coefficient (Wildman–Crippen LogP) is 2.99. The highest BCUT2D eigenvalue weighted by Crippen LogP contribution is 2.38. The van der Waals surface area contributed by atoms with Crippen molar-refractivity contribution in [1.82, 2.24) is 9.78 Å². The molecule has 8 heteroatoms. The summed E-state index contributed by atoms with van der Waals surface area (Å²) in [6.07, 6.45) is 7.77. The molecule has 3 aliphatic rings. The van der Waals surface area contributed by atoms with Gasteiger partial charge in [0.05, 0.1) is 6.54 Å². The zero-order valence-corrected chi connectivity index (χ0v) is 15.1. The topological polar surface area (TPSA) is 85.6 Å². The molecule has 7 nitrogen and oxygen atoms in total. The first-order valence-corrected chi connectivity index (χ1v) is 10.1. The maximum absolute atomic E-state index is 12.5. The number of carbonyl (C=O) groups is 1. The number of carbonyl (C=O) groups excluding carboxylic acids is 1. The summed E-state index contributed by atoms with van der Waals surface area (Å²) >= 11 is 0. The fourth-order valence-electron chi connectivity index (χ4n) is 4.23. The van der Waals surface area contributed by atoms with Crippen LogP contribution in [0.2, 0.25) is 0 Å². The molecule has 2 aliphatic carbocycles. The van der Waals surface area contributed by atoms with Crippen molar-refractivity contribution in [3.8, 4) is 5.88 Å². The molecule has 136 valence electrons. The number of hydrogen-bond acceptors (Lipinski definition) is 5. The van der Waals surface area contributed by atoms with Gasteiger partial charge in [-0.2, -0.15) is 5.10 Å². The fraction of sp³-hybridized carbons (Fsp3) is 0.444. The lowest BCUT2D eigenvalue weighted by Gasteiger charge is -2.15. The van der Waals surface area contributed by atoms with Crippen molar-refractivity contribution >= 4 is 22.3 Å². The number of anilines is 1. The Morgan fingerprint density at radius 3 is 2.65 bits per heavy atom. The van der Waals surface area contributed by atoms with E-state index in [4.69, 9.17) is 4.74 Å². The Morgan fingerprint density at radius 1 is 1.19 bits per heavy atom. The molecule has 2 aromatic rings. The van der Waals surface area contributed by atoms with Crippen LogP contribution >= 0.6 is 0 Å². The number of hydrogen-bond donors (Lipinski definition) is 1. The lowest BCUT2D eigenvalue weighted by atomic mass is 9.99. The summed E-state index contributed by atoms with van der Waals surface area (Å²) < 4.78 is 23.4. The third-order valence-electron chi connectivity index (χ3n) is 5.36. The number of fused-ring (bicyclic) bond motifs is 3. The molecule has 1 aliphatic heterocycles. The number of ether oxygens (including phenoxy) is 1. The summed E-state index contributed by atoms with van der Waals surface area (Å²) in [4.78, 5) is 12.8. The Kier molecular flexibility index (Phi) is 3.74. The summed E-state index contributed by atoms with van der Waals surface area (Å²) in [5.41, 5.74) is 6.05. The van der Waals surface area contributed by atoms with E-state index in [0.717, 1.165) is 44.2 Å². The van der Waals surface area contributed by atoms with Crippen LogP contribution in [0.1, 0.15) is 35.1 Å². The van der Waals surface area contributed by atoms with E-state index in [-0.39, 0.29) is 0 Å². The molecule has 26 heavy (non-hydrogen) atoms. The smallest absolute Gasteiger partial charge is 0.322 e. The predicted molar refractivity (Wildman–Crippen MR) is 96.0 cm³/mol. The van der Waals surface area contributed by atoms with Crippen molar-refractivity contribution in [2.75, 3.05) is 11.9 Å². The molecule has 0 unspecified atom stereocenters. The van der Waals surface area contributed by atoms with Gasteiger partial charge in [0.15, 0.2) is 5.88 Å². The van der Waals surface area contributed by atoms with E-state index in [0.29, 0.717) is 23.9 Å². The molecule has 1 aromatic carbocycles. The number of amides is 2. The summed E-state index contributed by atoms with van der Waals surface area (Å²) in [5.74, 6) is 0.446. The van der Waals surface area contributed by atoms with Gasteiger partial charge >= 0.3 is 6.03 Å². The van der Waals surface area contributed by atoms with Crippen LogP contribution in [0.25, 0.3) is 0 Å². The third kappa shape index (κ3) is 2.51. The molecule has 1 N–H and O–H groups in total. The first-order chi connectivity index (χ1) is 12.7. The Hall–Kier alpha value is -2.35. The standard InChI is InChI=1S/C18H19N4O3S/c23-18(21-26(24)15-10-19-22-7-8-25-17(15)22)20-16-13-5-1-3-11(13)9-12-4-2-6-14(12)16/h9-10H,1-8H2,(H,20,23)/q-1. The first kappa shape index (κ1) is 15.9. The molecule has 0 atom stereocenters. The van der Waals surface area contributed by atoms with Gasteiger partial charge in [-0.3, -0.25) is 0 Å². The Morgan fingerprint density at radius 2 is 1.92 bits per heavy atom. The summed E-state index contributed by atoms with van der Waals surface area (Å²) in [6.45, 7) is 1.13. The quantitative estimate of drug-likeness (QED) is 0.823. The Balaban J connectivity index is 1.45. The maximum atomic E-state index is 12.5. The monoisotopic (exact) mass is 371 g/mol. The van der Waals surface area contributed by atoms with Crippen molar-refractivity contribution in [3.05, 3.63) is 34.5 Å². The maximum Gasteiger partial charge on any atom is 0.322 e. The minimum absolute atomic E-state index is 0.348. The minimum atomic E-state index is -1.83. The van der Waals surface area contributed by atoms with Crippen LogP contribution in [0.4, 0.5) is 10.5 Å². The van der Waals surface area contributed by atoms with Gasteiger partial charge in [-0.15, -0.1) is 10.6 Å². The number of aromatic nitrogens is 2. The summed E-state index contributed by atoms with van der Waals surface area (Å²) in [5, 5.41) is 7.05. The van der Waals surface area contributed by atoms with E-state index in [1.54, 1.807) is 4.68 Å². The van der Waals surface area contributed by atoms with Gasteiger partial charge in [0.1, 0.15) is 6.61 Å². The van der Waals surface area contributed by atoms with Gasteiger partial charge in [0, 0.05) is 11.9 Å². The second-order valence-electron chi connectivity index (χ2n) is 6.89. The van der Waals surface area contributed by atoms with Crippen LogP contribution in [0, 0.1) is 0 Å². The molecule has 0 saturated heterocycles. The average molecular weight is 371 g/mol.